The van der Waals surface area contributed by atoms with Crippen LogP contribution in [0.1, 0.15) is 105 Å². The fourth-order valence-electron chi connectivity index (χ4n) is 7.84. The molecule has 0 unspecified atom stereocenters. The van der Waals surface area contributed by atoms with Crippen LogP contribution in [0.4, 0.5) is 45.5 Å². The number of rotatable bonds is 4. The van der Waals surface area contributed by atoms with Gasteiger partial charge in [0.1, 0.15) is 11.4 Å². The van der Waals surface area contributed by atoms with Gasteiger partial charge in [0.2, 0.25) is 11.4 Å². The van der Waals surface area contributed by atoms with Crippen LogP contribution in [-0.4, -0.2) is 12.0 Å². The number of para-hydroxylation sites is 8. The molecule has 2 heterocycles. The van der Waals surface area contributed by atoms with Crippen molar-refractivity contribution in [2.75, 3.05) is 0 Å². The molecule has 300 valence electrons. The standard InChI is InChI=1S/2C27H29N2.Pt/c2*1-26(2,3)21-15-12-16-22(27(4,5)6)25(21)29-19-28(20-13-8-7-9-14-20)23-17-10-11-18-24(23)29;/h2*7-13,15-18H,1-6H3;/q2*+1;+2. The summed E-state index contributed by atoms with van der Waals surface area (Å²) >= 11 is 0. The summed E-state index contributed by atoms with van der Waals surface area (Å²) in [4.78, 5) is 0. The summed E-state index contributed by atoms with van der Waals surface area (Å²) in [6, 6.07) is 60.6. The number of benzene rings is 6. The summed E-state index contributed by atoms with van der Waals surface area (Å²) in [6.07, 6.45) is 0. The zero-order chi connectivity index (χ0) is 41.6. The van der Waals surface area contributed by atoms with Crippen LogP contribution in [0.15, 0.2) is 133 Å². The van der Waals surface area contributed by atoms with Gasteiger partial charge in [-0.15, -0.1) is 12.1 Å². The van der Waals surface area contributed by atoms with Gasteiger partial charge in [-0.2, -0.15) is 36.4 Å². The molecule has 8 rings (SSSR count). The summed E-state index contributed by atoms with van der Waals surface area (Å²) < 4.78 is 8.72. The predicted octanol–water partition coefficient (Wildman–Crippen LogP) is 13.9. The summed E-state index contributed by atoms with van der Waals surface area (Å²) in [5.41, 5.74) is 14.3. The SMILES string of the molecule is CC(C)(C)c1cccc(C(C)(C)C)c1[N+]1=C=[N+](c2[c-]cccc2)c2ccccc21.CC(C)(C)c1cccc(C(C)(C)C)c1[N+]1=C=[N+](c2[c-]cccc2)c2ccccc21.[Pt+2]. The van der Waals surface area contributed by atoms with Gasteiger partial charge in [0.25, 0.3) is 22.7 Å². The van der Waals surface area contributed by atoms with Crippen LogP contribution in [0.25, 0.3) is 0 Å². The van der Waals surface area contributed by atoms with Crippen LogP contribution in [0.2, 0.25) is 0 Å². The molecule has 0 spiro atoms. The van der Waals surface area contributed by atoms with E-state index in [0.717, 1.165) is 34.1 Å². The van der Waals surface area contributed by atoms with Crippen molar-refractivity contribution >= 4 is 57.5 Å². The Labute approximate surface area is 367 Å². The zero-order valence-corrected chi connectivity index (χ0v) is 39.1. The number of hydrogen-bond donors (Lipinski definition) is 0. The van der Waals surface area contributed by atoms with Gasteiger partial charge in [-0.1, -0.05) is 165 Å². The van der Waals surface area contributed by atoms with E-state index in [2.05, 4.69) is 223 Å². The first-order chi connectivity index (χ1) is 27.4. The summed E-state index contributed by atoms with van der Waals surface area (Å²) in [7, 11) is 0. The molecule has 0 fully saturated rings. The molecule has 0 radical (unpaired) electrons. The van der Waals surface area contributed by atoms with Crippen LogP contribution < -0.4 is 18.3 Å². The Morgan fingerprint density at radius 2 is 0.610 bits per heavy atom. The zero-order valence-electron chi connectivity index (χ0n) is 36.8. The third-order valence-electron chi connectivity index (χ3n) is 10.7. The Bertz CT molecular complexity index is 2400. The molecule has 0 N–H and O–H groups in total. The van der Waals surface area contributed by atoms with Gasteiger partial charge in [0.05, 0.1) is 0 Å². The molecule has 0 saturated carbocycles. The van der Waals surface area contributed by atoms with Crippen LogP contribution in [-0.2, 0) is 42.7 Å². The van der Waals surface area contributed by atoms with Crippen LogP contribution in [0, 0.1) is 12.1 Å². The second-order valence-corrected chi connectivity index (χ2v) is 19.4. The van der Waals surface area contributed by atoms with Gasteiger partial charge in [0.15, 0.2) is 0 Å². The number of hydrogen-bond acceptors (Lipinski definition) is 0. The monoisotopic (exact) mass is 957 g/mol. The minimum Gasteiger partial charge on any atom is -0.171 e. The molecule has 2 aliphatic rings. The maximum atomic E-state index is 3.65. The average Bonchev–Trinajstić information content (AvgIpc) is 3.76. The molecule has 5 heteroatoms. The van der Waals surface area contributed by atoms with Crippen molar-refractivity contribution in [3.63, 3.8) is 0 Å². The Morgan fingerprint density at radius 1 is 0.339 bits per heavy atom. The fourth-order valence-corrected chi connectivity index (χ4v) is 7.84. The van der Waals surface area contributed by atoms with Crippen molar-refractivity contribution < 1.29 is 21.1 Å². The first kappa shape index (κ1) is 43.3. The van der Waals surface area contributed by atoms with E-state index < -0.39 is 0 Å². The maximum Gasteiger partial charge on any atom is 2.00 e. The van der Waals surface area contributed by atoms with E-state index in [1.165, 1.54) is 33.6 Å². The number of nitrogens with zero attached hydrogens (tertiary/aromatic N) is 4. The average molecular weight is 958 g/mol. The van der Waals surface area contributed by atoms with E-state index in [1.807, 2.05) is 36.4 Å². The molecular weight excluding hydrogens is 900 g/mol. The fraction of sp³-hybridized carbons (Fsp3) is 0.296. The third kappa shape index (κ3) is 8.74. The minimum atomic E-state index is 0. The smallest absolute Gasteiger partial charge is 0.171 e. The molecule has 0 aliphatic carbocycles. The second kappa shape index (κ2) is 16.4. The summed E-state index contributed by atoms with van der Waals surface area (Å²) in [5.74, 6) is 0. The quantitative estimate of drug-likeness (QED) is 0.123. The van der Waals surface area contributed by atoms with E-state index in [9.17, 15) is 0 Å². The van der Waals surface area contributed by atoms with Crippen molar-refractivity contribution in [2.45, 2.75) is 105 Å². The van der Waals surface area contributed by atoms with E-state index >= 15 is 0 Å². The molecule has 59 heavy (non-hydrogen) atoms. The van der Waals surface area contributed by atoms with Crippen LogP contribution in [0.5, 0.6) is 0 Å². The van der Waals surface area contributed by atoms with E-state index in [4.69, 9.17) is 0 Å². The normalized spacial score (nSPS) is 13.5. The van der Waals surface area contributed by atoms with Crippen molar-refractivity contribution in [1.29, 1.82) is 0 Å². The van der Waals surface area contributed by atoms with Crippen molar-refractivity contribution in [3.8, 4) is 0 Å². The van der Waals surface area contributed by atoms with Gasteiger partial charge in [0, 0.05) is 46.5 Å². The topological polar surface area (TPSA) is 12.0 Å². The van der Waals surface area contributed by atoms with Gasteiger partial charge >= 0.3 is 33.1 Å². The third-order valence-corrected chi connectivity index (χ3v) is 10.7. The largest absolute Gasteiger partial charge is 2.00 e. The predicted molar refractivity (Wildman–Crippen MR) is 247 cm³/mol. The Kier molecular flexibility index (Phi) is 12.1. The van der Waals surface area contributed by atoms with E-state index in [1.54, 1.807) is 0 Å². The van der Waals surface area contributed by atoms with E-state index in [-0.39, 0.29) is 42.7 Å². The maximum absolute atomic E-state index is 3.65. The Balaban J connectivity index is 0.000000195. The molecule has 2 aliphatic heterocycles. The van der Waals surface area contributed by atoms with Crippen molar-refractivity contribution in [3.05, 3.63) is 168 Å². The van der Waals surface area contributed by atoms with Gasteiger partial charge in [-0.3, -0.25) is 0 Å². The molecule has 0 atom stereocenters. The molecular formula is C54H58N4Pt+4. The van der Waals surface area contributed by atoms with Gasteiger partial charge < -0.3 is 0 Å². The van der Waals surface area contributed by atoms with Gasteiger partial charge in [-0.25, -0.2) is 0 Å². The number of fused-ring (bicyclic) bond motifs is 2. The molecule has 4 nitrogen and oxygen atoms in total. The van der Waals surface area contributed by atoms with Crippen LogP contribution in [0.3, 0.4) is 0 Å². The Morgan fingerprint density at radius 3 is 0.864 bits per heavy atom. The minimum absolute atomic E-state index is 0. The Hall–Kier alpha value is -5.23. The molecule has 0 aromatic heterocycles. The first-order valence-electron chi connectivity index (χ1n) is 20.5. The molecule has 0 bridgehead atoms. The first-order valence-corrected chi connectivity index (χ1v) is 20.5. The van der Waals surface area contributed by atoms with Crippen LogP contribution >= 0.6 is 0 Å². The van der Waals surface area contributed by atoms with E-state index in [0.29, 0.717) is 0 Å². The summed E-state index contributed by atoms with van der Waals surface area (Å²) in [5, 5.41) is 0. The van der Waals surface area contributed by atoms with Crippen molar-refractivity contribution in [1.82, 2.24) is 18.3 Å². The van der Waals surface area contributed by atoms with Gasteiger partial charge in [-0.05, 0) is 30.8 Å². The molecule has 6 aromatic rings. The second-order valence-electron chi connectivity index (χ2n) is 19.4. The summed E-state index contributed by atoms with van der Waals surface area (Å²) in [6.45, 7) is 27.4. The molecule has 6 aromatic carbocycles. The molecule has 0 saturated heterocycles. The van der Waals surface area contributed by atoms with Crippen molar-refractivity contribution in [2.24, 2.45) is 0 Å². The molecule has 0 amide bonds.